The van der Waals surface area contributed by atoms with Gasteiger partial charge in [-0.25, -0.2) is 8.78 Å². The molecule has 0 radical (unpaired) electrons. The highest BCUT2D eigenvalue weighted by Crippen LogP contribution is 2.36. The molecule has 4 nitrogen and oxygen atoms in total. The first-order chi connectivity index (χ1) is 10.8. The molecule has 23 heavy (non-hydrogen) atoms. The minimum absolute atomic E-state index is 0.00477. The van der Waals surface area contributed by atoms with Crippen LogP contribution in [0.2, 0.25) is 0 Å². The van der Waals surface area contributed by atoms with E-state index in [0.717, 1.165) is 0 Å². The minimum Gasteiger partial charge on any atom is -0.481 e. The van der Waals surface area contributed by atoms with Crippen LogP contribution in [0, 0.1) is 24.0 Å². The Hall–Kier alpha value is -1.53. The third-order valence-electron chi connectivity index (χ3n) is 4.75. The Balaban J connectivity index is 2.25. The molecule has 2 rings (SSSR count). The largest absolute Gasteiger partial charge is 0.481 e. The van der Waals surface area contributed by atoms with Crippen LogP contribution in [0.5, 0.6) is 0 Å². The van der Waals surface area contributed by atoms with E-state index in [1.165, 1.54) is 12.1 Å². The lowest BCUT2D eigenvalue weighted by atomic mass is 9.74. The number of aliphatic hydroxyl groups excluding tert-OH is 1. The number of carboxylic acid groups (broad SMARTS) is 1. The average molecular weight is 327 g/mol. The molecule has 1 aliphatic rings. The van der Waals surface area contributed by atoms with Crippen LogP contribution in [0.4, 0.5) is 8.78 Å². The summed E-state index contributed by atoms with van der Waals surface area (Å²) >= 11 is 0. The van der Waals surface area contributed by atoms with Gasteiger partial charge in [0.05, 0.1) is 6.10 Å². The second-order valence-corrected chi connectivity index (χ2v) is 6.38. The summed E-state index contributed by atoms with van der Waals surface area (Å²) in [5.74, 6) is -2.27. The van der Waals surface area contributed by atoms with Gasteiger partial charge >= 0.3 is 5.97 Å². The molecule has 1 aliphatic heterocycles. The van der Waals surface area contributed by atoms with Crippen LogP contribution >= 0.6 is 0 Å². The Labute approximate surface area is 134 Å². The molecule has 128 valence electrons. The van der Waals surface area contributed by atoms with E-state index in [4.69, 9.17) is 0 Å². The van der Waals surface area contributed by atoms with Crippen LogP contribution in [0.15, 0.2) is 12.1 Å². The number of rotatable bonds is 5. The Morgan fingerprint density at radius 3 is 2.74 bits per heavy atom. The van der Waals surface area contributed by atoms with E-state index in [2.05, 4.69) is 0 Å². The van der Waals surface area contributed by atoms with Crippen LogP contribution < -0.4 is 0 Å². The number of carbonyl (C=O) groups is 1. The lowest BCUT2D eigenvalue weighted by Gasteiger charge is -2.43. The van der Waals surface area contributed by atoms with E-state index in [-0.39, 0.29) is 25.1 Å². The Bertz CT molecular complexity index is 593. The van der Waals surface area contributed by atoms with Gasteiger partial charge in [-0.05, 0) is 31.4 Å². The number of benzene rings is 1. The van der Waals surface area contributed by atoms with E-state index in [9.17, 15) is 23.8 Å². The third kappa shape index (κ3) is 3.38. The van der Waals surface area contributed by atoms with Gasteiger partial charge in [-0.3, -0.25) is 9.69 Å². The predicted molar refractivity (Wildman–Crippen MR) is 82.0 cm³/mol. The summed E-state index contributed by atoms with van der Waals surface area (Å²) in [6.45, 7) is 3.93. The number of hydrogen-bond donors (Lipinski definition) is 2. The summed E-state index contributed by atoms with van der Waals surface area (Å²) in [7, 11) is 0. The Morgan fingerprint density at radius 2 is 2.13 bits per heavy atom. The number of aliphatic hydroxyl groups is 1. The number of aliphatic carboxylic acids is 1. The molecule has 0 bridgehead atoms. The van der Waals surface area contributed by atoms with E-state index >= 15 is 0 Å². The smallest absolute Gasteiger partial charge is 0.313 e. The van der Waals surface area contributed by atoms with Gasteiger partial charge in [-0.2, -0.15) is 0 Å². The molecule has 2 N–H and O–H groups in total. The van der Waals surface area contributed by atoms with Gasteiger partial charge in [0.2, 0.25) is 0 Å². The molecule has 6 heteroatoms. The van der Waals surface area contributed by atoms with Crippen LogP contribution in [0.3, 0.4) is 0 Å². The molecule has 1 saturated heterocycles. The third-order valence-corrected chi connectivity index (χ3v) is 4.75. The highest BCUT2D eigenvalue weighted by Gasteiger charge is 2.48. The van der Waals surface area contributed by atoms with Crippen molar-refractivity contribution in [1.82, 2.24) is 4.90 Å². The fraction of sp³-hybridized carbons (Fsp3) is 0.588. The van der Waals surface area contributed by atoms with Crippen LogP contribution in [-0.2, 0) is 11.3 Å². The molecule has 1 aromatic rings. The molecule has 0 unspecified atom stereocenters. The van der Waals surface area contributed by atoms with Crippen molar-refractivity contribution in [2.24, 2.45) is 5.41 Å². The number of carboxylic acids is 1. The summed E-state index contributed by atoms with van der Waals surface area (Å²) in [6.07, 6.45) is 0.285. The van der Waals surface area contributed by atoms with Crippen molar-refractivity contribution in [2.45, 2.75) is 45.8 Å². The fourth-order valence-corrected chi connectivity index (χ4v) is 3.39. The monoisotopic (exact) mass is 327 g/mol. The van der Waals surface area contributed by atoms with Crippen molar-refractivity contribution in [3.8, 4) is 0 Å². The highest BCUT2D eigenvalue weighted by molar-refractivity contribution is 5.76. The molecule has 1 heterocycles. The molecule has 0 spiro atoms. The quantitative estimate of drug-likeness (QED) is 0.873. The van der Waals surface area contributed by atoms with Crippen molar-refractivity contribution in [3.63, 3.8) is 0 Å². The number of aryl methyl sites for hydroxylation is 1. The number of nitrogens with zero attached hydrogens (tertiary/aromatic N) is 1. The molecule has 0 amide bonds. The first-order valence-corrected chi connectivity index (χ1v) is 7.89. The first kappa shape index (κ1) is 17.8. The zero-order valence-corrected chi connectivity index (χ0v) is 13.5. The molecular weight excluding hydrogens is 304 g/mol. The van der Waals surface area contributed by atoms with Gasteiger partial charge in [0.1, 0.15) is 17.0 Å². The minimum atomic E-state index is -1.27. The summed E-state index contributed by atoms with van der Waals surface area (Å²) in [6, 6.07) is 2.61. The van der Waals surface area contributed by atoms with Gasteiger partial charge in [-0.15, -0.1) is 0 Å². The van der Waals surface area contributed by atoms with E-state index in [1.807, 2.05) is 6.92 Å². The number of piperidine rings is 1. The Kier molecular flexibility index (Phi) is 5.37. The van der Waals surface area contributed by atoms with Gasteiger partial charge in [0.15, 0.2) is 0 Å². The van der Waals surface area contributed by atoms with Gasteiger partial charge in [-0.1, -0.05) is 19.4 Å². The van der Waals surface area contributed by atoms with Crippen molar-refractivity contribution >= 4 is 5.97 Å². The summed E-state index contributed by atoms with van der Waals surface area (Å²) in [4.78, 5) is 13.4. The first-order valence-electron chi connectivity index (χ1n) is 7.89. The van der Waals surface area contributed by atoms with Crippen LogP contribution in [0.1, 0.15) is 37.3 Å². The zero-order chi connectivity index (χ0) is 17.2. The number of hydrogen-bond acceptors (Lipinski definition) is 3. The average Bonchev–Trinajstić information content (AvgIpc) is 2.50. The molecule has 1 aromatic carbocycles. The molecule has 1 fully saturated rings. The van der Waals surface area contributed by atoms with Gasteiger partial charge in [0, 0.05) is 25.2 Å². The summed E-state index contributed by atoms with van der Waals surface area (Å²) in [5, 5.41) is 19.8. The lowest BCUT2D eigenvalue weighted by Crippen LogP contribution is -2.55. The maximum Gasteiger partial charge on any atom is 0.313 e. The summed E-state index contributed by atoms with van der Waals surface area (Å²) < 4.78 is 28.1. The van der Waals surface area contributed by atoms with Gasteiger partial charge < -0.3 is 10.2 Å². The molecular formula is C17H23F2NO3. The fourth-order valence-electron chi connectivity index (χ4n) is 3.39. The second kappa shape index (κ2) is 6.93. The SMILES string of the molecule is CCC[C@@]1(C(=O)O)CN(Cc2c(F)ccc(C)c2F)CC[C@H]1O. The van der Waals surface area contributed by atoms with E-state index < -0.39 is 29.1 Å². The second-order valence-electron chi connectivity index (χ2n) is 6.38. The van der Waals surface area contributed by atoms with Crippen molar-refractivity contribution < 1.29 is 23.8 Å². The summed E-state index contributed by atoms with van der Waals surface area (Å²) in [5.41, 5.74) is -0.960. The lowest BCUT2D eigenvalue weighted by molar-refractivity contribution is -0.164. The predicted octanol–water partition coefficient (Wildman–Crippen LogP) is 2.71. The molecule has 2 atom stereocenters. The maximum absolute atomic E-state index is 14.2. The van der Waals surface area contributed by atoms with Crippen LogP contribution in [-0.4, -0.2) is 40.3 Å². The van der Waals surface area contributed by atoms with E-state index in [0.29, 0.717) is 24.9 Å². The number of halogens is 2. The van der Waals surface area contributed by atoms with Crippen molar-refractivity contribution in [3.05, 3.63) is 34.9 Å². The van der Waals surface area contributed by atoms with Crippen molar-refractivity contribution in [1.29, 1.82) is 0 Å². The zero-order valence-electron chi connectivity index (χ0n) is 13.5. The Morgan fingerprint density at radius 1 is 1.43 bits per heavy atom. The standard InChI is InChI=1S/C17H23F2NO3/c1-3-7-17(16(22)23)10-20(8-6-14(17)21)9-12-13(18)5-4-11(2)15(12)19/h4-5,14,21H,3,6-10H2,1-2H3,(H,22,23)/t14-,17-/m1/s1. The molecule has 0 aliphatic carbocycles. The maximum atomic E-state index is 14.2. The van der Waals surface area contributed by atoms with Gasteiger partial charge in [0.25, 0.3) is 0 Å². The topological polar surface area (TPSA) is 60.8 Å². The highest BCUT2D eigenvalue weighted by atomic mass is 19.1. The normalized spacial score (nSPS) is 25.5. The van der Waals surface area contributed by atoms with Crippen molar-refractivity contribution in [2.75, 3.05) is 13.1 Å². The number of likely N-dealkylation sites (tertiary alicyclic amines) is 1. The molecule has 0 aromatic heterocycles. The van der Waals surface area contributed by atoms with E-state index in [1.54, 1.807) is 11.8 Å². The molecule has 0 saturated carbocycles. The van der Waals surface area contributed by atoms with Crippen LogP contribution in [0.25, 0.3) is 0 Å².